The minimum Gasteiger partial charge on any atom is -0.465 e. The zero-order chi connectivity index (χ0) is 36.8. The van der Waals surface area contributed by atoms with Gasteiger partial charge in [-0.3, -0.25) is 4.79 Å². The Morgan fingerprint density at radius 1 is 0.698 bits per heavy atom. The van der Waals surface area contributed by atoms with E-state index < -0.39 is 0 Å². The molecule has 0 radical (unpaired) electrons. The highest BCUT2D eigenvalue weighted by atomic mass is 32.2. The molecule has 1 atom stereocenters. The normalized spacial score (nSPS) is 12.4. The Kier molecular flexibility index (Phi) is 13.3. The van der Waals surface area contributed by atoms with Gasteiger partial charge >= 0.3 is 5.97 Å². The van der Waals surface area contributed by atoms with Crippen LogP contribution in [0.4, 0.5) is 39.3 Å². The molecule has 0 aliphatic carbocycles. The fourth-order valence-electron chi connectivity index (χ4n) is 5.39. The Bertz CT molecular complexity index is 2240. The zero-order valence-corrected chi connectivity index (χ0v) is 31.6. The number of ether oxygens (including phenoxy) is 1. The number of thioether (sulfide) groups is 1. The monoisotopic (exact) mass is 743 g/mol. The van der Waals surface area contributed by atoms with E-state index in [9.17, 15) is 4.79 Å². The third-order valence-electron chi connectivity index (χ3n) is 8.40. The second-order valence-electron chi connectivity index (χ2n) is 12.3. The molecule has 270 valence electrons. The van der Waals surface area contributed by atoms with Gasteiger partial charge in [-0.25, -0.2) is 0 Å². The standard InChI is InChI=1S/C40H41N9O2S2/c1-4-6-7-12-25-51-38(50)26-52-40-49-48-39(53-40)47-43-29-19-17-28(18-20-29)42-44-35-23-24-37(33-16-11-10-15-32(33)35)46-45-36-22-21-34(41-27(3)5-2)30-13-8-9-14-31(30)36/h8-11,13-24,27,41H,4-7,12,25-26H2,1-3H3/b44-42+,46-45+,47-43+. The largest absolute Gasteiger partial charge is 0.465 e. The molecule has 0 amide bonds. The second kappa shape index (κ2) is 18.9. The van der Waals surface area contributed by atoms with Gasteiger partial charge in [-0.15, -0.1) is 35.8 Å². The van der Waals surface area contributed by atoms with Crippen LogP contribution in [0, 0.1) is 0 Å². The number of nitrogens with one attached hydrogen (secondary N) is 1. The molecule has 6 aromatic rings. The molecule has 13 heteroatoms. The predicted molar refractivity (Wildman–Crippen MR) is 216 cm³/mol. The molecule has 0 saturated heterocycles. The van der Waals surface area contributed by atoms with Gasteiger partial charge in [-0.2, -0.15) is 5.11 Å². The number of unbranched alkanes of at least 4 members (excludes halogenated alkanes) is 3. The fourth-order valence-corrected chi connectivity index (χ4v) is 6.85. The molecule has 0 spiro atoms. The Balaban J connectivity index is 1.08. The van der Waals surface area contributed by atoms with Crippen LogP contribution in [0.25, 0.3) is 21.5 Å². The molecular formula is C40H41N9O2S2. The fraction of sp³-hybridized carbons (Fsp3) is 0.275. The number of carbonyl (C=O) groups excluding carboxylic acids is 1. The maximum absolute atomic E-state index is 12.0. The van der Waals surface area contributed by atoms with E-state index in [4.69, 9.17) is 15.0 Å². The van der Waals surface area contributed by atoms with Gasteiger partial charge in [0, 0.05) is 33.3 Å². The number of rotatable bonds is 17. The molecule has 6 rings (SSSR count). The van der Waals surface area contributed by atoms with Crippen molar-refractivity contribution in [3.63, 3.8) is 0 Å². The van der Waals surface area contributed by atoms with E-state index in [1.807, 2.05) is 78.9 Å². The summed E-state index contributed by atoms with van der Waals surface area (Å²) in [5, 5.41) is 43.1. The molecule has 1 aromatic heterocycles. The number of benzene rings is 5. The lowest BCUT2D eigenvalue weighted by atomic mass is 10.1. The molecule has 1 unspecified atom stereocenters. The van der Waals surface area contributed by atoms with Crippen LogP contribution in [0.3, 0.4) is 0 Å². The van der Waals surface area contributed by atoms with Crippen LogP contribution >= 0.6 is 23.1 Å². The van der Waals surface area contributed by atoms with E-state index in [0.29, 0.717) is 33.5 Å². The lowest BCUT2D eigenvalue weighted by Gasteiger charge is -2.15. The van der Waals surface area contributed by atoms with E-state index in [0.717, 1.165) is 76.4 Å². The maximum Gasteiger partial charge on any atom is 0.316 e. The van der Waals surface area contributed by atoms with E-state index in [1.54, 1.807) is 0 Å². The molecule has 0 bridgehead atoms. The highest BCUT2D eigenvalue weighted by Crippen LogP contribution is 2.37. The van der Waals surface area contributed by atoms with Crippen molar-refractivity contribution in [1.82, 2.24) is 10.2 Å². The Morgan fingerprint density at radius 3 is 1.89 bits per heavy atom. The van der Waals surface area contributed by atoms with Crippen molar-refractivity contribution in [2.24, 2.45) is 30.7 Å². The quantitative estimate of drug-likeness (QED) is 0.0427. The van der Waals surface area contributed by atoms with E-state index in [1.165, 1.54) is 23.1 Å². The summed E-state index contributed by atoms with van der Waals surface area (Å²) in [7, 11) is 0. The SMILES string of the molecule is CCCCCCOC(=O)CSc1nnc(/N=N/c2ccc(/N=N/c3ccc(/N=N/c4ccc(NC(C)CC)c5ccccc45)c4ccccc34)cc2)s1. The summed E-state index contributed by atoms with van der Waals surface area (Å²) >= 11 is 2.55. The summed E-state index contributed by atoms with van der Waals surface area (Å²) in [4.78, 5) is 12.0. The van der Waals surface area contributed by atoms with Gasteiger partial charge in [0.15, 0.2) is 4.34 Å². The molecule has 5 aromatic carbocycles. The van der Waals surface area contributed by atoms with Crippen molar-refractivity contribution in [2.45, 2.75) is 63.3 Å². The van der Waals surface area contributed by atoms with Crippen molar-refractivity contribution >= 4 is 89.9 Å². The first-order chi connectivity index (χ1) is 26.0. The maximum atomic E-state index is 12.0. The summed E-state index contributed by atoms with van der Waals surface area (Å²) in [5.74, 6) is -0.0693. The minimum absolute atomic E-state index is 0.185. The molecular weight excluding hydrogens is 703 g/mol. The molecule has 53 heavy (non-hydrogen) atoms. The van der Waals surface area contributed by atoms with Crippen LogP contribution < -0.4 is 5.32 Å². The summed E-state index contributed by atoms with van der Waals surface area (Å²) in [6, 6.07) is 31.8. The number of fused-ring (bicyclic) bond motifs is 2. The molecule has 1 N–H and O–H groups in total. The van der Waals surface area contributed by atoms with Gasteiger partial charge in [-0.1, -0.05) is 105 Å². The van der Waals surface area contributed by atoms with Crippen molar-refractivity contribution in [3.8, 4) is 0 Å². The Labute approximate surface area is 317 Å². The van der Waals surface area contributed by atoms with E-state index in [2.05, 4.69) is 74.9 Å². The van der Waals surface area contributed by atoms with Crippen LogP contribution in [-0.2, 0) is 9.53 Å². The number of esters is 1. The van der Waals surface area contributed by atoms with Crippen LogP contribution in [-0.4, -0.2) is 34.6 Å². The molecule has 0 fully saturated rings. The van der Waals surface area contributed by atoms with Gasteiger partial charge in [0.1, 0.15) is 0 Å². The summed E-state index contributed by atoms with van der Waals surface area (Å²) in [6.07, 6.45) is 5.30. The van der Waals surface area contributed by atoms with E-state index in [-0.39, 0.29) is 11.7 Å². The Morgan fingerprint density at radius 2 is 1.26 bits per heavy atom. The minimum atomic E-state index is -0.254. The first kappa shape index (κ1) is 37.4. The van der Waals surface area contributed by atoms with Gasteiger partial charge in [0.05, 0.1) is 40.8 Å². The number of hydrogen-bond acceptors (Lipinski definition) is 13. The van der Waals surface area contributed by atoms with Crippen molar-refractivity contribution in [1.29, 1.82) is 0 Å². The molecule has 0 aliphatic rings. The highest BCUT2D eigenvalue weighted by molar-refractivity contribution is 8.01. The van der Waals surface area contributed by atoms with Crippen molar-refractivity contribution in [2.75, 3.05) is 17.7 Å². The van der Waals surface area contributed by atoms with Crippen molar-refractivity contribution in [3.05, 3.63) is 97.1 Å². The number of carbonyl (C=O) groups is 1. The van der Waals surface area contributed by atoms with Gasteiger partial charge in [-0.05, 0) is 68.3 Å². The van der Waals surface area contributed by atoms with Crippen LogP contribution in [0.1, 0.15) is 52.9 Å². The third kappa shape index (κ3) is 10.4. The first-order valence-corrected chi connectivity index (χ1v) is 19.6. The molecule has 11 nitrogen and oxygen atoms in total. The summed E-state index contributed by atoms with van der Waals surface area (Å²) in [6.45, 7) is 6.96. The number of nitrogens with zero attached hydrogens (tertiary/aromatic N) is 8. The predicted octanol–water partition coefficient (Wildman–Crippen LogP) is 13.5. The zero-order valence-electron chi connectivity index (χ0n) is 30.0. The lowest BCUT2D eigenvalue weighted by Crippen LogP contribution is -2.13. The van der Waals surface area contributed by atoms with Crippen LogP contribution in [0.2, 0.25) is 0 Å². The molecule has 0 saturated carbocycles. The Hall–Kier alpha value is -5.40. The first-order valence-electron chi connectivity index (χ1n) is 17.8. The average Bonchev–Trinajstić information content (AvgIpc) is 3.66. The highest BCUT2D eigenvalue weighted by Gasteiger charge is 2.11. The topological polar surface area (TPSA) is 138 Å². The smallest absolute Gasteiger partial charge is 0.316 e. The van der Waals surface area contributed by atoms with Crippen LogP contribution in [0.5, 0.6) is 0 Å². The van der Waals surface area contributed by atoms with E-state index >= 15 is 0 Å². The number of azo groups is 3. The van der Waals surface area contributed by atoms with Crippen LogP contribution in [0.15, 0.2) is 132 Å². The van der Waals surface area contributed by atoms with Gasteiger partial charge in [0.2, 0.25) is 0 Å². The van der Waals surface area contributed by atoms with Gasteiger partial charge < -0.3 is 10.1 Å². The number of hydrogen-bond donors (Lipinski definition) is 1. The van der Waals surface area contributed by atoms with Gasteiger partial charge in [0.25, 0.3) is 5.13 Å². The molecule has 0 aliphatic heterocycles. The summed E-state index contributed by atoms with van der Waals surface area (Å²) in [5.41, 5.74) is 4.67. The number of anilines is 1. The van der Waals surface area contributed by atoms with Crippen molar-refractivity contribution < 1.29 is 9.53 Å². The molecule has 1 heterocycles. The average molecular weight is 744 g/mol. The number of aromatic nitrogens is 2. The lowest BCUT2D eigenvalue weighted by molar-refractivity contribution is -0.140. The third-order valence-corrected chi connectivity index (χ3v) is 10.3. The second-order valence-corrected chi connectivity index (χ2v) is 14.5. The summed E-state index contributed by atoms with van der Waals surface area (Å²) < 4.78 is 5.91.